The molecule has 1 aromatic carbocycles. The van der Waals surface area contributed by atoms with E-state index in [2.05, 4.69) is 6.58 Å². The standard InChI is InChI=1S/C35H37F6N3O5/c1-6-21(22-11-24(12-22)32(45)46)15-27(20(4)48-5)30-18(2)10-29(43-8-7-9-43)42-28(30)17-44-19(3)31(49-33(44)47)23-13-25(34(36,37)38)16-26(14-23)35(39,40)41/h6,10,13-16,19,22,24,31H,4,7-9,11-12,17H2,1-3,5H3,(H,45,46)/b21-6+,27-15+/t19-,22?,24?,31-/m0/s1. The molecule has 1 aliphatic carbocycles. The van der Waals surface area contributed by atoms with E-state index in [0.29, 0.717) is 47.6 Å². The normalized spacial score (nSPS) is 23.2. The van der Waals surface area contributed by atoms with Crippen LogP contribution in [-0.2, 0) is 33.2 Å². The number of allylic oxidation sites excluding steroid dienone is 4. The van der Waals surface area contributed by atoms with Crippen molar-refractivity contribution in [2.75, 3.05) is 25.1 Å². The summed E-state index contributed by atoms with van der Waals surface area (Å²) in [5.41, 5.74) is -0.321. The molecular weight excluding hydrogens is 656 g/mol. The van der Waals surface area contributed by atoms with E-state index in [1.165, 1.54) is 18.9 Å². The maximum Gasteiger partial charge on any atom is 0.416 e. The topological polar surface area (TPSA) is 92.2 Å². The molecule has 0 bridgehead atoms. The number of nitrogens with zero attached hydrogens (tertiary/aromatic N) is 3. The summed E-state index contributed by atoms with van der Waals surface area (Å²) in [7, 11) is 1.45. The van der Waals surface area contributed by atoms with Gasteiger partial charge in [-0.25, -0.2) is 9.78 Å². The van der Waals surface area contributed by atoms with Gasteiger partial charge < -0.3 is 19.5 Å². The molecule has 1 amide bonds. The van der Waals surface area contributed by atoms with Gasteiger partial charge in [0.25, 0.3) is 0 Å². The van der Waals surface area contributed by atoms with E-state index < -0.39 is 59.2 Å². The number of ether oxygens (including phenoxy) is 2. The van der Waals surface area contributed by atoms with Crippen molar-refractivity contribution in [3.63, 3.8) is 0 Å². The van der Waals surface area contributed by atoms with Crippen LogP contribution in [0.5, 0.6) is 0 Å². The number of carboxylic acids is 1. The first-order valence-corrected chi connectivity index (χ1v) is 15.8. The van der Waals surface area contributed by atoms with Crippen LogP contribution in [0.3, 0.4) is 0 Å². The van der Waals surface area contributed by atoms with Crippen LogP contribution in [0, 0.1) is 18.8 Å². The second-order valence-electron chi connectivity index (χ2n) is 12.6. The molecule has 0 radical (unpaired) electrons. The van der Waals surface area contributed by atoms with Gasteiger partial charge in [0.1, 0.15) is 17.7 Å². The maximum absolute atomic E-state index is 13.6. The summed E-state index contributed by atoms with van der Waals surface area (Å²) in [6.45, 7) is 10.6. The summed E-state index contributed by atoms with van der Waals surface area (Å²) in [6, 6.07) is 2.09. The molecule has 2 saturated heterocycles. The number of aliphatic carboxylic acids is 1. The molecule has 0 unspecified atom stereocenters. The molecular formula is C35H37F6N3O5. The quantitative estimate of drug-likeness (QED) is 0.152. The molecule has 264 valence electrons. The Kier molecular flexibility index (Phi) is 9.82. The molecule has 14 heteroatoms. The molecule has 1 saturated carbocycles. The predicted molar refractivity (Wildman–Crippen MR) is 168 cm³/mol. The van der Waals surface area contributed by atoms with Crippen molar-refractivity contribution in [2.24, 2.45) is 11.8 Å². The molecule has 3 fully saturated rings. The fourth-order valence-electron chi connectivity index (χ4n) is 6.47. The number of alkyl halides is 6. The lowest BCUT2D eigenvalue weighted by Gasteiger charge is -2.34. The summed E-state index contributed by atoms with van der Waals surface area (Å²) in [5.74, 6) is -0.410. The third-order valence-electron chi connectivity index (χ3n) is 9.53. The zero-order valence-corrected chi connectivity index (χ0v) is 27.4. The Bertz CT molecular complexity index is 1670. The van der Waals surface area contributed by atoms with Gasteiger partial charge in [0.2, 0.25) is 0 Å². The number of hydrogen-bond donors (Lipinski definition) is 1. The number of pyridine rings is 1. The molecule has 2 atom stereocenters. The van der Waals surface area contributed by atoms with E-state index in [9.17, 15) is 41.0 Å². The summed E-state index contributed by atoms with van der Waals surface area (Å²) >= 11 is 0. The Morgan fingerprint density at radius 1 is 1.08 bits per heavy atom. The average molecular weight is 694 g/mol. The number of cyclic esters (lactones) is 1. The highest BCUT2D eigenvalue weighted by atomic mass is 19.4. The monoisotopic (exact) mass is 693 g/mol. The predicted octanol–water partition coefficient (Wildman–Crippen LogP) is 8.32. The van der Waals surface area contributed by atoms with Crippen molar-refractivity contribution in [1.29, 1.82) is 0 Å². The summed E-state index contributed by atoms with van der Waals surface area (Å²) < 4.78 is 92.9. The van der Waals surface area contributed by atoms with Crippen LogP contribution in [-0.4, -0.2) is 53.3 Å². The van der Waals surface area contributed by atoms with Crippen LogP contribution in [0.2, 0.25) is 0 Å². The van der Waals surface area contributed by atoms with Crippen molar-refractivity contribution >= 4 is 23.5 Å². The van der Waals surface area contributed by atoms with E-state index in [1.807, 2.05) is 37.0 Å². The highest BCUT2D eigenvalue weighted by Crippen LogP contribution is 2.44. The Balaban J connectivity index is 1.56. The molecule has 3 aliphatic rings. The highest BCUT2D eigenvalue weighted by Gasteiger charge is 2.44. The fourth-order valence-corrected chi connectivity index (χ4v) is 6.47. The number of rotatable bonds is 10. The van der Waals surface area contributed by atoms with Crippen LogP contribution in [0.15, 0.2) is 54.3 Å². The van der Waals surface area contributed by atoms with Crippen LogP contribution in [0.25, 0.3) is 5.57 Å². The van der Waals surface area contributed by atoms with Crippen LogP contribution < -0.4 is 4.90 Å². The average Bonchev–Trinajstić information content (AvgIpc) is 3.24. The van der Waals surface area contributed by atoms with Gasteiger partial charge in [-0.05, 0) is 93.0 Å². The van der Waals surface area contributed by atoms with E-state index in [-0.39, 0.29) is 24.3 Å². The lowest BCUT2D eigenvalue weighted by atomic mass is 9.70. The van der Waals surface area contributed by atoms with Gasteiger partial charge in [-0.1, -0.05) is 12.7 Å². The van der Waals surface area contributed by atoms with Crippen molar-refractivity contribution in [2.45, 2.75) is 71.1 Å². The Labute approximate surface area is 279 Å². The molecule has 1 N–H and O–H groups in total. The summed E-state index contributed by atoms with van der Waals surface area (Å²) in [5, 5.41) is 9.41. The van der Waals surface area contributed by atoms with Crippen LogP contribution in [0.1, 0.15) is 72.7 Å². The van der Waals surface area contributed by atoms with E-state index in [0.717, 1.165) is 30.6 Å². The summed E-state index contributed by atoms with van der Waals surface area (Å²) in [4.78, 5) is 33.0. The zero-order valence-electron chi connectivity index (χ0n) is 27.4. The number of aryl methyl sites for hydroxylation is 1. The van der Waals surface area contributed by atoms with Gasteiger partial charge in [-0.2, -0.15) is 26.3 Å². The van der Waals surface area contributed by atoms with Crippen molar-refractivity contribution < 1.29 is 50.5 Å². The lowest BCUT2D eigenvalue weighted by Crippen LogP contribution is -2.38. The Hall–Kier alpha value is -4.49. The number of methoxy groups -OCH3 is 1. The van der Waals surface area contributed by atoms with Gasteiger partial charge in [0.15, 0.2) is 0 Å². The van der Waals surface area contributed by atoms with Gasteiger partial charge >= 0.3 is 24.4 Å². The van der Waals surface area contributed by atoms with Gasteiger partial charge in [0, 0.05) is 24.2 Å². The second kappa shape index (κ2) is 13.4. The van der Waals surface area contributed by atoms with Crippen LogP contribution in [0.4, 0.5) is 37.0 Å². The van der Waals surface area contributed by atoms with Crippen molar-refractivity contribution in [1.82, 2.24) is 9.88 Å². The Morgan fingerprint density at radius 3 is 2.18 bits per heavy atom. The van der Waals surface area contributed by atoms with Crippen molar-refractivity contribution in [3.8, 4) is 0 Å². The minimum atomic E-state index is -5.07. The van der Waals surface area contributed by atoms with Gasteiger partial charge in [-0.15, -0.1) is 0 Å². The second-order valence-corrected chi connectivity index (χ2v) is 12.6. The first-order chi connectivity index (χ1) is 22.9. The zero-order chi connectivity index (χ0) is 36.0. The lowest BCUT2D eigenvalue weighted by molar-refractivity contribution is -0.146. The third-order valence-corrected chi connectivity index (χ3v) is 9.53. The minimum Gasteiger partial charge on any atom is -0.497 e. The van der Waals surface area contributed by atoms with Gasteiger partial charge in [-0.3, -0.25) is 9.69 Å². The smallest absolute Gasteiger partial charge is 0.416 e. The molecule has 0 spiro atoms. The third kappa shape index (κ3) is 7.28. The maximum atomic E-state index is 13.6. The molecule has 8 nitrogen and oxygen atoms in total. The van der Waals surface area contributed by atoms with E-state index in [4.69, 9.17) is 14.5 Å². The highest BCUT2D eigenvalue weighted by molar-refractivity contribution is 5.83. The number of hydrogen-bond acceptors (Lipinski definition) is 6. The molecule has 1 aromatic heterocycles. The molecule has 3 heterocycles. The number of carbonyl (C=O) groups is 2. The molecule has 2 aromatic rings. The first kappa shape index (κ1) is 35.8. The molecule has 2 aliphatic heterocycles. The fraction of sp³-hybridized carbons (Fsp3) is 0.457. The number of carbonyl (C=O) groups excluding carboxylic acids is 1. The number of amides is 1. The number of anilines is 1. The number of halogens is 6. The van der Waals surface area contributed by atoms with Crippen LogP contribution >= 0.6 is 0 Å². The molecule has 5 rings (SSSR count). The largest absolute Gasteiger partial charge is 0.497 e. The SMILES string of the molecule is C=C(OC)/C(=C\C(=C/C)C1CC(C(=O)O)C1)c1c(C)cc(N2CCC2)nc1CN1C(=O)O[C@H](c2cc(C(F)(F)F)cc(C(F)(F)F)c2)[C@@H]1C. The minimum absolute atomic E-state index is 0.0220. The Morgan fingerprint density at radius 2 is 1.69 bits per heavy atom. The molecule has 49 heavy (non-hydrogen) atoms. The first-order valence-electron chi connectivity index (χ1n) is 15.8. The number of aromatic nitrogens is 1. The van der Waals surface area contributed by atoms with E-state index >= 15 is 0 Å². The van der Waals surface area contributed by atoms with Gasteiger partial charge in [0.05, 0.1) is 42.4 Å². The summed E-state index contributed by atoms with van der Waals surface area (Å²) in [6.07, 6.45) is -6.87. The van der Waals surface area contributed by atoms with Crippen molar-refractivity contribution in [3.05, 3.63) is 87.8 Å². The number of carboxylic acid groups (broad SMARTS) is 1. The number of benzene rings is 1. The van der Waals surface area contributed by atoms with E-state index in [1.54, 1.807) is 0 Å².